The Morgan fingerprint density at radius 3 is 3.00 bits per heavy atom. The van der Waals surface area contributed by atoms with E-state index in [2.05, 4.69) is 9.97 Å². The molecule has 0 bridgehead atoms. The van der Waals surface area contributed by atoms with Crippen molar-refractivity contribution in [3.63, 3.8) is 0 Å². The lowest BCUT2D eigenvalue weighted by atomic mass is 10.1. The van der Waals surface area contributed by atoms with Crippen molar-refractivity contribution in [2.24, 2.45) is 0 Å². The summed E-state index contributed by atoms with van der Waals surface area (Å²) in [6.07, 6.45) is 2.07. The van der Waals surface area contributed by atoms with Crippen molar-refractivity contribution in [2.45, 2.75) is 12.6 Å². The molecule has 100 valence electrons. The largest absolute Gasteiger partial charge is 0.378 e. The third-order valence-electron chi connectivity index (χ3n) is 2.72. The molecule has 6 heteroatoms. The quantitative estimate of drug-likeness (QED) is 0.896. The molecule has 1 aromatic heterocycles. The number of aliphatic hydroxyl groups is 1. The molecule has 2 rings (SSSR count). The monoisotopic (exact) mass is 279 g/mol. The van der Waals surface area contributed by atoms with E-state index in [1.807, 2.05) is 0 Å². The van der Waals surface area contributed by atoms with Crippen LogP contribution in [0.25, 0.3) is 0 Å². The highest BCUT2D eigenvalue weighted by molar-refractivity contribution is 6.30. The molecule has 1 amide bonds. The van der Waals surface area contributed by atoms with Gasteiger partial charge in [-0.05, 0) is 17.7 Å². The summed E-state index contributed by atoms with van der Waals surface area (Å²) in [6, 6.07) is 6.62. The predicted octanol–water partition coefficient (Wildman–Crippen LogP) is 1.76. The highest BCUT2D eigenvalue weighted by atomic mass is 35.5. The van der Waals surface area contributed by atoms with Crippen molar-refractivity contribution in [1.82, 2.24) is 14.9 Å². The summed E-state index contributed by atoms with van der Waals surface area (Å²) < 4.78 is 0. The number of hydrogen-bond acceptors (Lipinski definition) is 3. The molecule has 1 heterocycles. The maximum absolute atomic E-state index is 12.1. The van der Waals surface area contributed by atoms with E-state index < -0.39 is 12.0 Å². The van der Waals surface area contributed by atoms with E-state index in [4.69, 9.17) is 11.6 Å². The maximum atomic E-state index is 12.1. The van der Waals surface area contributed by atoms with Crippen LogP contribution in [0.3, 0.4) is 0 Å². The summed E-state index contributed by atoms with van der Waals surface area (Å²) in [5.41, 5.74) is 0.476. The predicted molar refractivity (Wildman–Crippen MR) is 71.5 cm³/mol. The second-order valence-electron chi connectivity index (χ2n) is 4.19. The van der Waals surface area contributed by atoms with Gasteiger partial charge in [-0.2, -0.15) is 0 Å². The lowest BCUT2D eigenvalue weighted by Gasteiger charge is -2.20. The van der Waals surface area contributed by atoms with Gasteiger partial charge in [0, 0.05) is 24.5 Å². The third-order valence-corrected chi connectivity index (χ3v) is 2.95. The van der Waals surface area contributed by atoms with Crippen LogP contribution in [0.2, 0.25) is 5.02 Å². The van der Waals surface area contributed by atoms with Crippen LogP contribution in [0.1, 0.15) is 17.5 Å². The molecule has 2 N–H and O–H groups in total. The molecule has 0 aliphatic carbocycles. The lowest BCUT2D eigenvalue weighted by Crippen LogP contribution is -2.31. The number of aromatic amines is 1. The van der Waals surface area contributed by atoms with Crippen LogP contribution in [0.4, 0.5) is 0 Å². The number of H-pyrrole nitrogens is 1. The number of aliphatic hydroxyl groups excluding tert-OH is 1. The summed E-state index contributed by atoms with van der Waals surface area (Å²) in [5.74, 6) is 0.257. The summed E-state index contributed by atoms with van der Waals surface area (Å²) in [7, 11) is 1.61. The van der Waals surface area contributed by atoms with Crippen molar-refractivity contribution in [3.05, 3.63) is 53.1 Å². The number of imidazole rings is 1. The topological polar surface area (TPSA) is 69.2 Å². The van der Waals surface area contributed by atoms with Gasteiger partial charge in [0.2, 0.25) is 0 Å². The fourth-order valence-corrected chi connectivity index (χ4v) is 1.91. The minimum Gasteiger partial charge on any atom is -0.378 e. The van der Waals surface area contributed by atoms with E-state index in [9.17, 15) is 9.90 Å². The van der Waals surface area contributed by atoms with Crippen LogP contribution in [0.15, 0.2) is 36.7 Å². The van der Waals surface area contributed by atoms with Gasteiger partial charge in [0.05, 0.1) is 6.54 Å². The molecular formula is C13H14ClN3O2. The van der Waals surface area contributed by atoms with Crippen molar-refractivity contribution in [2.75, 3.05) is 7.05 Å². The van der Waals surface area contributed by atoms with E-state index in [1.165, 1.54) is 4.90 Å². The molecule has 1 atom stereocenters. The Morgan fingerprint density at radius 1 is 1.58 bits per heavy atom. The minimum absolute atomic E-state index is 0.309. The van der Waals surface area contributed by atoms with Gasteiger partial charge in [-0.25, -0.2) is 4.98 Å². The molecule has 1 aromatic carbocycles. The smallest absolute Gasteiger partial charge is 0.256 e. The van der Waals surface area contributed by atoms with Gasteiger partial charge < -0.3 is 15.0 Å². The average molecular weight is 280 g/mol. The number of benzene rings is 1. The lowest BCUT2D eigenvalue weighted by molar-refractivity contribution is -0.139. The van der Waals surface area contributed by atoms with Crippen LogP contribution in [0, 0.1) is 0 Å². The zero-order valence-corrected chi connectivity index (χ0v) is 11.1. The summed E-state index contributed by atoms with van der Waals surface area (Å²) in [6.45, 7) is 0.309. The Kier molecular flexibility index (Phi) is 4.19. The van der Waals surface area contributed by atoms with Gasteiger partial charge in [-0.15, -0.1) is 0 Å². The zero-order valence-electron chi connectivity index (χ0n) is 10.4. The molecule has 0 saturated heterocycles. The Morgan fingerprint density at radius 2 is 2.37 bits per heavy atom. The summed E-state index contributed by atoms with van der Waals surface area (Å²) in [5, 5.41) is 10.5. The summed E-state index contributed by atoms with van der Waals surface area (Å²) >= 11 is 5.84. The maximum Gasteiger partial charge on any atom is 0.256 e. The molecule has 0 saturated carbocycles. The van der Waals surface area contributed by atoms with E-state index >= 15 is 0 Å². The van der Waals surface area contributed by atoms with E-state index in [0.717, 1.165) is 0 Å². The molecular weight excluding hydrogens is 266 g/mol. The Balaban J connectivity index is 2.06. The SMILES string of the molecule is CN(Cc1ncc[nH]1)C(=O)[C@H](O)c1cccc(Cl)c1. The molecule has 0 aliphatic heterocycles. The number of halogens is 1. The van der Waals surface area contributed by atoms with E-state index in [1.54, 1.807) is 43.7 Å². The number of carbonyl (C=O) groups excluding carboxylic acids is 1. The number of likely N-dealkylation sites (N-methyl/N-ethyl adjacent to an activating group) is 1. The molecule has 5 nitrogen and oxygen atoms in total. The highest BCUT2D eigenvalue weighted by Gasteiger charge is 2.21. The van der Waals surface area contributed by atoms with Crippen molar-refractivity contribution in [1.29, 1.82) is 0 Å². The highest BCUT2D eigenvalue weighted by Crippen LogP contribution is 2.19. The van der Waals surface area contributed by atoms with Crippen LogP contribution in [-0.2, 0) is 11.3 Å². The first-order valence-electron chi connectivity index (χ1n) is 5.74. The number of aromatic nitrogens is 2. The number of nitrogens with one attached hydrogen (secondary N) is 1. The molecule has 0 radical (unpaired) electrons. The average Bonchev–Trinajstić information content (AvgIpc) is 2.89. The fraction of sp³-hybridized carbons (Fsp3) is 0.231. The Hall–Kier alpha value is -1.85. The second kappa shape index (κ2) is 5.86. The Bertz CT molecular complexity index is 557. The number of hydrogen-bond donors (Lipinski definition) is 2. The van der Waals surface area contributed by atoms with Crippen molar-refractivity contribution < 1.29 is 9.90 Å². The van der Waals surface area contributed by atoms with Gasteiger partial charge in [0.1, 0.15) is 5.82 Å². The van der Waals surface area contributed by atoms with Gasteiger partial charge in [-0.1, -0.05) is 23.7 Å². The molecule has 0 fully saturated rings. The third kappa shape index (κ3) is 3.33. The molecule has 0 spiro atoms. The first-order valence-corrected chi connectivity index (χ1v) is 6.12. The van der Waals surface area contributed by atoms with Crippen LogP contribution in [0.5, 0.6) is 0 Å². The van der Waals surface area contributed by atoms with Gasteiger partial charge in [-0.3, -0.25) is 4.79 Å². The number of nitrogens with zero attached hydrogens (tertiary/aromatic N) is 2. The number of carbonyl (C=O) groups is 1. The van der Waals surface area contributed by atoms with E-state index in [-0.39, 0.29) is 0 Å². The standard InChI is InChI=1S/C13H14ClN3O2/c1-17(8-11-15-5-6-16-11)13(19)12(18)9-3-2-4-10(14)7-9/h2-7,12,18H,8H2,1H3,(H,15,16)/t12-/m1/s1. The molecule has 0 aliphatic rings. The molecule has 2 aromatic rings. The second-order valence-corrected chi connectivity index (χ2v) is 4.62. The number of rotatable bonds is 4. The van der Waals surface area contributed by atoms with Crippen LogP contribution < -0.4 is 0 Å². The minimum atomic E-state index is -1.22. The first-order chi connectivity index (χ1) is 9.08. The van der Waals surface area contributed by atoms with Crippen LogP contribution >= 0.6 is 11.6 Å². The molecule has 19 heavy (non-hydrogen) atoms. The van der Waals surface area contributed by atoms with Crippen molar-refractivity contribution in [3.8, 4) is 0 Å². The zero-order chi connectivity index (χ0) is 13.8. The van der Waals surface area contributed by atoms with Gasteiger partial charge in [0.25, 0.3) is 5.91 Å². The Labute approximate surface area is 115 Å². The number of amides is 1. The first kappa shape index (κ1) is 13.6. The van der Waals surface area contributed by atoms with Gasteiger partial charge in [0.15, 0.2) is 6.10 Å². The fourth-order valence-electron chi connectivity index (χ4n) is 1.72. The summed E-state index contributed by atoms with van der Waals surface area (Å²) in [4.78, 5) is 20.4. The van der Waals surface area contributed by atoms with Crippen LogP contribution in [-0.4, -0.2) is 32.9 Å². The molecule has 0 unspecified atom stereocenters. The van der Waals surface area contributed by atoms with E-state index in [0.29, 0.717) is 23.0 Å². The van der Waals surface area contributed by atoms with Gasteiger partial charge >= 0.3 is 0 Å². The normalized spacial score (nSPS) is 12.2. The van der Waals surface area contributed by atoms with Crippen molar-refractivity contribution >= 4 is 17.5 Å².